The molecule has 0 aromatic heterocycles. The maximum absolute atomic E-state index is 2.80. The maximum atomic E-state index is 2.80. The molecule has 0 bridgehead atoms. The maximum Gasteiger partial charge on any atom is 0.0792 e. The molecule has 262 valence electrons. The molecule has 0 N–H and O–H groups in total. The molecular weight excluding hydrogens is 532 g/mol. The van der Waals surface area contributed by atoms with E-state index in [4.69, 9.17) is 0 Å². The number of allylic oxidation sites excluding steroid dienone is 4. The highest BCUT2D eigenvalue weighted by Gasteiger charge is 2.10. The molecule has 0 saturated heterocycles. The van der Waals surface area contributed by atoms with Gasteiger partial charge in [0.15, 0.2) is 0 Å². The van der Waals surface area contributed by atoms with Crippen LogP contribution in [0.25, 0.3) is 0 Å². The molecule has 0 spiro atoms. The number of nitrogens with zero attached hydrogens (tertiary/aromatic N) is 2. The van der Waals surface area contributed by atoms with Crippen LogP contribution in [-0.2, 0) is 0 Å². The normalized spacial score (nSPS) is 12.5. The number of hydrogen-bond donors (Lipinski definition) is 0. The largest absolute Gasteiger partial charge is 0.331 e. The van der Waals surface area contributed by atoms with E-state index in [1.54, 1.807) is 0 Å². The topological polar surface area (TPSA) is 3.24 Å². The third-order valence-corrected chi connectivity index (χ3v) is 9.28. The predicted octanol–water partition coefficient (Wildman–Crippen LogP) is 13.5. The third-order valence-electron chi connectivity index (χ3n) is 9.28. The molecular formula is C42H85N2+. The van der Waals surface area contributed by atoms with Crippen LogP contribution in [-0.4, -0.2) is 56.7 Å². The van der Waals surface area contributed by atoms with Gasteiger partial charge in [0.05, 0.1) is 27.7 Å². The average Bonchev–Trinajstić information content (AvgIpc) is 2.99. The first-order chi connectivity index (χ1) is 21.5. The van der Waals surface area contributed by atoms with Crippen molar-refractivity contribution >= 4 is 0 Å². The van der Waals surface area contributed by atoms with Crippen molar-refractivity contribution in [1.29, 1.82) is 0 Å². The Morgan fingerprint density at radius 2 is 0.614 bits per heavy atom. The van der Waals surface area contributed by atoms with E-state index < -0.39 is 0 Å². The Morgan fingerprint density at radius 3 is 0.932 bits per heavy atom. The van der Waals surface area contributed by atoms with Gasteiger partial charge in [-0.2, -0.15) is 0 Å². The van der Waals surface area contributed by atoms with Crippen molar-refractivity contribution in [1.82, 2.24) is 4.90 Å². The highest BCUT2D eigenvalue weighted by Crippen LogP contribution is 2.13. The number of hydrogen-bond acceptors (Lipinski definition) is 1. The molecule has 0 radical (unpaired) electrons. The molecule has 0 rings (SSSR count). The molecule has 0 aliphatic rings. The van der Waals surface area contributed by atoms with Gasteiger partial charge in [0, 0.05) is 13.0 Å². The lowest BCUT2D eigenvalue weighted by Crippen LogP contribution is -2.38. The Hall–Kier alpha value is -0.600. The van der Waals surface area contributed by atoms with Gasteiger partial charge in [-0.15, -0.1) is 0 Å². The van der Waals surface area contributed by atoms with Crippen LogP contribution in [0.5, 0.6) is 0 Å². The Balaban J connectivity index is 3.79. The molecule has 0 atom stereocenters. The van der Waals surface area contributed by atoms with Crippen molar-refractivity contribution in [2.24, 2.45) is 0 Å². The van der Waals surface area contributed by atoms with E-state index in [2.05, 4.69) is 64.2 Å². The summed E-state index contributed by atoms with van der Waals surface area (Å²) in [4.78, 5) is 2.80. The lowest BCUT2D eigenvalue weighted by molar-refractivity contribution is -0.870. The number of rotatable bonds is 36. The average molecular weight is 618 g/mol. The lowest BCUT2D eigenvalue weighted by atomic mass is 10.1. The van der Waals surface area contributed by atoms with E-state index in [0.29, 0.717) is 0 Å². The molecule has 0 amide bonds. The van der Waals surface area contributed by atoms with Gasteiger partial charge < -0.3 is 9.38 Å². The summed E-state index contributed by atoms with van der Waals surface area (Å²) in [6, 6.07) is 0. The second-order valence-electron chi connectivity index (χ2n) is 15.1. The quantitative estimate of drug-likeness (QED) is 0.0384. The summed E-state index contributed by atoms with van der Waals surface area (Å²) in [5.41, 5.74) is 0. The van der Waals surface area contributed by atoms with Crippen molar-refractivity contribution in [2.75, 3.05) is 47.3 Å². The number of quaternary nitrogens is 1. The summed E-state index contributed by atoms with van der Waals surface area (Å²) in [5, 5.41) is 0. The third kappa shape index (κ3) is 37.6. The summed E-state index contributed by atoms with van der Waals surface area (Å²) < 4.78 is 1.09. The zero-order valence-corrected chi connectivity index (χ0v) is 31.5. The van der Waals surface area contributed by atoms with Gasteiger partial charge >= 0.3 is 0 Å². The minimum Gasteiger partial charge on any atom is -0.331 e. The van der Waals surface area contributed by atoms with Gasteiger partial charge in [-0.3, -0.25) is 0 Å². The van der Waals surface area contributed by atoms with Crippen LogP contribution in [0.15, 0.2) is 24.3 Å². The number of unbranched alkanes of at least 4 members (excludes halogenated alkanes) is 24. The first kappa shape index (κ1) is 43.4. The van der Waals surface area contributed by atoms with Crippen molar-refractivity contribution in [2.45, 2.75) is 200 Å². The zero-order valence-electron chi connectivity index (χ0n) is 31.5. The van der Waals surface area contributed by atoms with Crippen LogP contribution in [0.3, 0.4) is 0 Å². The van der Waals surface area contributed by atoms with Crippen LogP contribution >= 0.6 is 0 Å². The minimum atomic E-state index is 1.09. The van der Waals surface area contributed by atoms with Gasteiger partial charge in [0.2, 0.25) is 0 Å². The van der Waals surface area contributed by atoms with Crippen LogP contribution in [0.4, 0.5) is 0 Å². The van der Waals surface area contributed by atoms with Crippen molar-refractivity contribution in [3.05, 3.63) is 24.3 Å². The summed E-state index contributed by atoms with van der Waals surface area (Å²) in [7, 11) is 7.00. The predicted molar refractivity (Wildman–Crippen MR) is 203 cm³/mol. The van der Waals surface area contributed by atoms with E-state index in [1.165, 1.54) is 212 Å². The second-order valence-corrected chi connectivity index (χ2v) is 15.1. The van der Waals surface area contributed by atoms with Gasteiger partial charge in [-0.1, -0.05) is 154 Å². The molecule has 44 heavy (non-hydrogen) atoms. The standard InChI is InChI=1S/C42H85N2/c1-6-8-10-12-14-16-18-20-22-24-26-28-30-32-34-36-39-43(41-38-42-44(3,4)5)40-37-35-33-31-29-27-25-23-21-19-17-15-13-11-9-7-2/h20-23H,6-19,24-42H2,1-5H3/q+1. The van der Waals surface area contributed by atoms with Crippen LogP contribution in [0, 0.1) is 0 Å². The van der Waals surface area contributed by atoms with E-state index in [-0.39, 0.29) is 0 Å². The van der Waals surface area contributed by atoms with Gasteiger partial charge in [-0.25, -0.2) is 0 Å². The Labute approximate surface area is 280 Å². The fraction of sp³-hybridized carbons (Fsp3) is 0.905. The SMILES string of the molecule is CCCCCCCCC=CCCCCCCCCN(CCCCCCCCC=CCCCCCCCC)CCC[N+](C)(C)C. The fourth-order valence-electron chi connectivity index (χ4n) is 6.27. The summed E-state index contributed by atoms with van der Waals surface area (Å²) in [6.45, 7) is 9.83. The molecule has 0 aromatic rings. The first-order valence-corrected chi connectivity index (χ1v) is 20.3. The fourth-order valence-corrected chi connectivity index (χ4v) is 6.27. The smallest absolute Gasteiger partial charge is 0.0792 e. The Kier molecular flexibility index (Phi) is 34.8. The summed E-state index contributed by atoms with van der Waals surface area (Å²) >= 11 is 0. The molecule has 0 saturated carbocycles. The highest BCUT2D eigenvalue weighted by molar-refractivity contribution is 4.82. The monoisotopic (exact) mass is 618 g/mol. The van der Waals surface area contributed by atoms with Gasteiger partial charge in [0.1, 0.15) is 0 Å². The molecule has 0 aromatic carbocycles. The van der Waals surface area contributed by atoms with Gasteiger partial charge in [-0.05, 0) is 77.3 Å². The summed E-state index contributed by atoms with van der Waals surface area (Å²) in [6.07, 6.45) is 50.3. The Morgan fingerprint density at radius 1 is 0.341 bits per heavy atom. The van der Waals surface area contributed by atoms with Crippen LogP contribution in [0.1, 0.15) is 200 Å². The molecule has 0 aliphatic heterocycles. The summed E-state index contributed by atoms with van der Waals surface area (Å²) in [5.74, 6) is 0. The van der Waals surface area contributed by atoms with Crippen molar-refractivity contribution < 1.29 is 4.48 Å². The van der Waals surface area contributed by atoms with Crippen molar-refractivity contribution in [3.8, 4) is 0 Å². The molecule has 0 unspecified atom stereocenters. The molecule has 0 fully saturated rings. The highest BCUT2D eigenvalue weighted by atomic mass is 15.3. The zero-order chi connectivity index (χ0) is 32.2. The van der Waals surface area contributed by atoms with E-state index in [1.807, 2.05) is 0 Å². The van der Waals surface area contributed by atoms with Crippen LogP contribution < -0.4 is 0 Å². The first-order valence-electron chi connectivity index (χ1n) is 20.3. The van der Waals surface area contributed by atoms with E-state index in [0.717, 1.165) is 4.48 Å². The van der Waals surface area contributed by atoms with E-state index in [9.17, 15) is 0 Å². The van der Waals surface area contributed by atoms with Crippen molar-refractivity contribution in [3.63, 3.8) is 0 Å². The Bertz CT molecular complexity index is 545. The van der Waals surface area contributed by atoms with Gasteiger partial charge in [0.25, 0.3) is 0 Å². The molecule has 2 nitrogen and oxygen atoms in total. The second kappa shape index (κ2) is 35.3. The molecule has 0 aliphatic carbocycles. The van der Waals surface area contributed by atoms with Crippen LogP contribution in [0.2, 0.25) is 0 Å². The van der Waals surface area contributed by atoms with E-state index >= 15 is 0 Å². The molecule has 2 heteroatoms. The molecule has 0 heterocycles. The lowest BCUT2D eigenvalue weighted by Gasteiger charge is -2.27. The minimum absolute atomic E-state index is 1.09.